The van der Waals surface area contributed by atoms with Gasteiger partial charge in [0.1, 0.15) is 0 Å². The topological polar surface area (TPSA) is 103 Å². The van der Waals surface area contributed by atoms with Gasteiger partial charge in [-0.25, -0.2) is 4.79 Å². The van der Waals surface area contributed by atoms with E-state index in [1.54, 1.807) is 45.0 Å². The van der Waals surface area contributed by atoms with Gasteiger partial charge in [0.2, 0.25) is 5.91 Å². The van der Waals surface area contributed by atoms with Crippen molar-refractivity contribution >= 4 is 17.6 Å². The number of carbonyl (C=O) groups excluding carboxylic acids is 2. The monoisotopic (exact) mass is 345 g/mol. The second-order valence-electron chi connectivity index (χ2n) is 6.51. The van der Waals surface area contributed by atoms with E-state index < -0.39 is 11.6 Å². The highest BCUT2D eigenvalue weighted by atomic mass is 16.5. The molecule has 0 aliphatic heterocycles. The van der Waals surface area contributed by atoms with E-state index in [4.69, 9.17) is 4.74 Å². The predicted molar refractivity (Wildman–Crippen MR) is 91.9 cm³/mol. The Bertz CT molecular complexity index is 739. The summed E-state index contributed by atoms with van der Waals surface area (Å²) in [5, 5.41) is 22.8. The van der Waals surface area contributed by atoms with Gasteiger partial charge in [0, 0.05) is 18.5 Å². The third-order valence-corrected chi connectivity index (χ3v) is 4.49. The van der Waals surface area contributed by atoms with Gasteiger partial charge in [-0.3, -0.25) is 9.69 Å². The van der Waals surface area contributed by atoms with Gasteiger partial charge in [-0.2, -0.15) is 5.26 Å². The van der Waals surface area contributed by atoms with Crippen molar-refractivity contribution in [1.82, 2.24) is 4.90 Å². The van der Waals surface area contributed by atoms with Crippen molar-refractivity contribution < 1.29 is 19.4 Å². The van der Waals surface area contributed by atoms with Crippen LogP contribution in [0.4, 0.5) is 5.69 Å². The van der Waals surface area contributed by atoms with Gasteiger partial charge in [-0.05, 0) is 51.2 Å². The Balaban J connectivity index is 2.30. The minimum atomic E-state index is -1.66. The number of fused-ring (bicyclic) bond motifs is 1. The Labute approximate surface area is 147 Å². The lowest BCUT2D eigenvalue weighted by Crippen LogP contribution is -2.41. The van der Waals surface area contributed by atoms with Crippen LogP contribution in [0.1, 0.15) is 30.5 Å². The summed E-state index contributed by atoms with van der Waals surface area (Å²) in [7, 11) is 3.60. The summed E-state index contributed by atoms with van der Waals surface area (Å²) >= 11 is 0. The number of hydrogen-bond acceptors (Lipinski definition) is 6. The van der Waals surface area contributed by atoms with Crippen LogP contribution < -0.4 is 5.32 Å². The molecule has 25 heavy (non-hydrogen) atoms. The summed E-state index contributed by atoms with van der Waals surface area (Å²) in [6, 6.07) is 5.01. The minimum absolute atomic E-state index is 0.0341. The van der Waals surface area contributed by atoms with Gasteiger partial charge in [0.05, 0.1) is 24.3 Å². The third kappa shape index (κ3) is 3.81. The number of anilines is 1. The number of nitrogens with one attached hydrogen (secondary N) is 1. The summed E-state index contributed by atoms with van der Waals surface area (Å²) in [6.45, 7) is 3.61. The first-order chi connectivity index (χ1) is 11.7. The minimum Gasteiger partial charge on any atom is -0.464 e. The molecule has 2 unspecified atom stereocenters. The fraction of sp³-hybridized carbons (Fsp3) is 0.500. The van der Waals surface area contributed by atoms with Crippen molar-refractivity contribution in [3.63, 3.8) is 0 Å². The van der Waals surface area contributed by atoms with Gasteiger partial charge in [-0.15, -0.1) is 0 Å². The summed E-state index contributed by atoms with van der Waals surface area (Å²) in [6.07, 6.45) is 0.0924. The zero-order chi connectivity index (χ0) is 18.8. The van der Waals surface area contributed by atoms with E-state index in [0.717, 1.165) is 0 Å². The Morgan fingerprint density at radius 3 is 2.68 bits per heavy atom. The molecule has 2 atom stereocenters. The molecule has 0 fully saturated rings. The summed E-state index contributed by atoms with van der Waals surface area (Å²) in [5.41, 5.74) is 0.440. The standard InChI is InChI=1S/C18H23N3O4/c1-5-25-17(23)18(24)8-12-6-14(7-13(10-19)15(12)9-18)20-16(22)11(2)21(3)4/h6-7,11,24H,5,8-9H2,1-4H3,(H,20,22). The molecular formula is C18H23N3O4. The van der Waals surface area contributed by atoms with Crippen molar-refractivity contribution in [2.24, 2.45) is 0 Å². The van der Waals surface area contributed by atoms with Crippen LogP contribution in [0.3, 0.4) is 0 Å². The highest BCUT2D eigenvalue weighted by molar-refractivity contribution is 5.95. The number of nitriles is 1. The summed E-state index contributed by atoms with van der Waals surface area (Å²) in [4.78, 5) is 26.0. The lowest BCUT2D eigenvalue weighted by Gasteiger charge is -2.19. The molecule has 0 saturated heterocycles. The number of esters is 1. The molecule has 0 radical (unpaired) electrons. The van der Waals surface area contributed by atoms with Gasteiger partial charge in [-0.1, -0.05) is 0 Å². The molecule has 0 bridgehead atoms. The van der Waals surface area contributed by atoms with Crippen LogP contribution >= 0.6 is 0 Å². The van der Waals surface area contributed by atoms with Crippen molar-refractivity contribution in [3.05, 3.63) is 28.8 Å². The van der Waals surface area contributed by atoms with Gasteiger partial charge < -0.3 is 15.2 Å². The second-order valence-corrected chi connectivity index (χ2v) is 6.51. The van der Waals surface area contributed by atoms with Crippen molar-refractivity contribution in [1.29, 1.82) is 5.26 Å². The zero-order valence-corrected chi connectivity index (χ0v) is 14.9. The van der Waals surface area contributed by atoms with Crippen LogP contribution in [0, 0.1) is 11.3 Å². The van der Waals surface area contributed by atoms with Crippen LogP contribution in [0.15, 0.2) is 12.1 Å². The Hall–Kier alpha value is -2.43. The zero-order valence-electron chi connectivity index (χ0n) is 14.9. The molecule has 1 aliphatic rings. The number of aliphatic hydroxyl groups is 1. The fourth-order valence-corrected chi connectivity index (χ4v) is 2.83. The van der Waals surface area contributed by atoms with Crippen LogP contribution in [0.5, 0.6) is 0 Å². The number of carbonyl (C=O) groups is 2. The predicted octanol–water partition coefficient (Wildman–Crippen LogP) is 0.840. The SMILES string of the molecule is CCOC(=O)C1(O)Cc2cc(NC(=O)C(C)N(C)C)cc(C#N)c2C1. The second kappa shape index (κ2) is 7.21. The first-order valence-corrected chi connectivity index (χ1v) is 8.14. The van der Waals surface area contributed by atoms with Crippen LogP contribution in [0.2, 0.25) is 0 Å². The number of amides is 1. The molecule has 0 aromatic heterocycles. The molecule has 0 heterocycles. The van der Waals surface area contributed by atoms with Crippen molar-refractivity contribution in [3.8, 4) is 6.07 Å². The van der Waals surface area contributed by atoms with Crippen LogP contribution in [0.25, 0.3) is 0 Å². The largest absolute Gasteiger partial charge is 0.464 e. The number of ether oxygens (including phenoxy) is 1. The molecule has 0 spiro atoms. The number of likely N-dealkylation sites (N-methyl/N-ethyl adjacent to an activating group) is 1. The number of nitrogens with zero attached hydrogens (tertiary/aromatic N) is 2. The quantitative estimate of drug-likeness (QED) is 0.767. The number of rotatable bonds is 5. The van der Waals surface area contributed by atoms with Crippen LogP contribution in [-0.2, 0) is 27.2 Å². The van der Waals surface area contributed by atoms with Gasteiger partial charge in [0.15, 0.2) is 5.60 Å². The molecule has 1 aromatic carbocycles. The van der Waals surface area contributed by atoms with E-state index in [1.807, 2.05) is 0 Å². The van der Waals surface area contributed by atoms with E-state index in [9.17, 15) is 20.0 Å². The summed E-state index contributed by atoms with van der Waals surface area (Å²) < 4.78 is 4.94. The highest BCUT2D eigenvalue weighted by Gasteiger charge is 2.44. The lowest BCUT2D eigenvalue weighted by atomic mass is 10.00. The molecule has 1 aromatic rings. The maximum absolute atomic E-state index is 12.2. The van der Waals surface area contributed by atoms with E-state index in [-0.39, 0.29) is 31.4 Å². The molecule has 134 valence electrons. The molecular weight excluding hydrogens is 322 g/mol. The van der Waals surface area contributed by atoms with E-state index in [2.05, 4.69) is 11.4 Å². The lowest BCUT2D eigenvalue weighted by molar-refractivity contribution is -0.163. The molecule has 1 amide bonds. The Morgan fingerprint density at radius 1 is 1.44 bits per heavy atom. The first kappa shape index (κ1) is 18.9. The average molecular weight is 345 g/mol. The van der Waals surface area contributed by atoms with Crippen molar-refractivity contribution in [2.75, 3.05) is 26.0 Å². The fourth-order valence-electron chi connectivity index (χ4n) is 2.83. The molecule has 0 saturated carbocycles. The average Bonchev–Trinajstić information content (AvgIpc) is 2.91. The molecule has 7 nitrogen and oxygen atoms in total. The van der Waals surface area contributed by atoms with Crippen LogP contribution in [-0.4, -0.2) is 54.2 Å². The van der Waals surface area contributed by atoms with E-state index in [1.165, 1.54) is 0 Å². The van der Waals surface area contributed by atoms with E-state index in [0.29, 0.717) is 22.4 Å². The van der Waals surface area contributed by atoms with Gasteiger partial charge >= 0.3 is 5.97 Å². The normalized spacial score (nSPS) is 19.9. The molecule has 7 heteroatoms. The Morgan fingerprint density at radius 2 is 2.12 bits per heavy atom. The number of hydrogen-bond donors (Lipinski definition) is 2. The molecule has 2 rings (SSSR count). The third-order valence-electron chi connectivity index (χ3n) is 4.49. The first-order valence-electron chi connectivity index (χ1n) is 8.14. The maximum atomic E-state index is 12.2. The number of benzene rings is 1. The molecule has 1 aliphatic carbocycles. The smallest absolute Gasteiger partial charge is 0.338 e. The van der Waals surface area contributed by atoms with Gasteiger partial charge in [0.25, 0.3) is 0 Å². The van der Waals surface area contributed by atoms with E-state index >= 15 is 0 Å². The van der Waals surface area contributed by atoms with Crippen molar-refractivity contribution in [2.45, 2.75) is 38.3 Å². The maximum Gasteiger partial charge on any atom is 0.338 e. The highest BCUT2D eigenvalue weighted by Crippen LogP contribution is 2.35. The Kier molecular flexibility index (Phi) is 5.45. The summed E-state index contributed by atoms with van der Waals surface area (Å²) in [5.74, 6) is -0.894. The molecule has 2 N–H and O–H groups in total.